The molecule has 0 aromatic heterocycles. The van der Waals surface area contributed by atoms with Crippen molar-refractivity contribution in [3.05, 3.63) is 34.9 Å². The Labute approximate surface area is 131 Å². The Morgan fingerprint density at radius 1 is 1.18 bits per heavy atom. The van der Waals surface area contributed by atoms with E-state index in [4.69, 9.17) is 9.84 Å². The molecule has 0 aliphatic carbocycles. The predicted octanol–water partition coefficient (Wildman–Crippen LogP) is 4.97. The first-order chi connectivity index (χ1) is 10.3. The average molecular weight is 312 g/mol. The van der Waals surface area contributed by atoms with E-state index in [0.29, 0.717) is 11.7 Å². The van der Waals surface area contributed by atoms with Crippen LogP contribution >= 0.6 is 0 Å². The molecule has 0 spiro atoms. The van der Waals surface area contributed by atoms with Crippen LogP contribution in [-0.2, 0) is 0 Å². The Morgan fingerprint density at radius 3 is 2.27 bits per heavy atom. The molecular weight excluding hydrogens is 286 g/mol. The van der Waals surface area contributed by atoms with Crippen molar-refractivity contribution in [2.24, 2.45) is 0 Å². The monoisotopic (exact) mass is 312 g/mol. The molecule has 0 aliphatic rings. The first-order valence-electron chi connectivity index (χ1n) is 7.64. The summed E-state index contributed by atoms with van der Waals surface area (Å²) in [7, 11) is 0. The molecule has 4 heteroatoms. The van der Waals surface area contributed by atoms with Crippen molar-refractivity contribution < 1.29 is 18.6 Å². The highest BCUT2D eigenvalue weighted by atomic mass is 19.3. The van der Waals surface area contributed by atoms with Gasteiger partial charge in [-0.25, -0.2) is 8.78 Å². The van der Waals surface area contributed by atoms with Gasteiger partial charge in [-0.1, -0.05) is 39.8 Å². The number of hydrogen-bond acceptors (Lipinski definition) is 2. The molecule has 2 nitrogen and oxygen atoms in total. The van der Waals surface area contributed by atoms with Gasteiger partial charge in [-0.3, -0.25) is 0 Å². The first kappa shape index (κ1) is 18.6. The van der Waals surface area contributed by atoms with Crippen molar-refractivity contribution in [3.8, 4) is 5.75 Å². The second kappa shape index (κ2) is 8.28. The topological polar surface area (TPSA) is 29.5 Å². The van der Waals surface area contributed by atoms with Gasteiger partial charge in [-0.2, -0.15) is 0 Å². The van der Waals surface area contributed by atoms with Gasteiger partial charge in [-0.05, 0) is 41.5 Å². The molecule has 0 saturated heterocycles. The molecular formula is C18H26F2O2. The summed E-state index contributed by atoms with van der Waals surface area (Å²) in [6.07, 6.45) is -0.849. The smallest absolute Gasteiger partial charge is 0.272 e. The van der Waals surface area contributed by atoms with Crippen molar-refractivity contribution in [1.82, 2.24) is 0 Å². The number of hydrogen-bond donors (Lipinski definition) is 1. The van der Waals surface area contributed by atoms with Crippen molar-refractivity contribution in [3.63, 3.8) is 0 Å². The normalized spacial score (nSPS) is 12.6. The highest BCUT2D eigenvalue weighted by Gasteiger charge is 2.18. The van der Waals surface area contributed by atoms with Gasteiger partial charge in [0.2, 0.25) is 0 Å². The quantitative estimate of drug-likeness (QED) is 0.770. The fourth-order valence-corrected chi connectivity index (χ4v) is 2.28. The van der Waals surface area contributed by atoms with Crippen LogP contribution in [0.2, 0.25) is 0 Å². The molecule has 1 rings (SSSR count). The van der Waals surface area contributed by atoms with Crippen molar-refractivity contribution in [2.45, 2.75) is 52.9 Å². The third-order valence-electron chi connectivity index (χ3n) is 3.60. The maximum atomic E-state index is 12.6. The van der Waals surface area contributed by atoms with E-state index in [2.05, 4.69) is 13.8 Å². The molecule has 1 N–H and O–H groups in total. The van der Waals surface area contributed by atoms with E-state index in [0.717, 1.165) is 22.3 Å². The summed E-state index contributed by atoms with van der Waals surface area (Å²) in [5.74, 6) is 0.983. The lowest BCUT2D eigenvalue weighted by Gasteiger charge is -2.21. The largest absolute Gasteiger partial charge is 0.487 e. The van der Waals surface area contributed by atoms with Crippen LogP contribution in [0.1, 0.15) is 63.1 Å². The molecule has 0 amide bonds. The third kappa shape index (κ3) is 4.80. The molecule has 1 aromatic rings. The standard InChI is InChI=1S/C18H26F2O2/c1-11(2)14-8-15(12(3)4)18(22-10-17(19)20)16(9-14)13(5)6-7-21/h6,8-9,11-12,17,21H,7,10H2,1-5H3/b13-6-. The Balaban J connectivity index is 3.48. The predicted molar refractivity (Wildman–Crippen MR) is 86.9 cm³/mol. The lowest BCUT2D eigenvalue weighted by atomic mass is 9.89. The van der Waals surface area contributed by atoms with Crippen LogP contribution in [0.15, 0.2) is 18.2 Å². The van der Waals surface area contributed by atoms with E-state index >= 15 is 0 Å². The lowest BCUT2D eigenvalue weighted by Crippen LogP contribution is -2.11. The summed E-state index contributed by atoms with van der Waals surface area (Å²) in [6, 6.07) is 4.00. The molecule has 124 valence electrons. The summed E-state index contributed by atoms with van der Waals surface area (Å²) in [4.78, 5) is 0. The van der Waals surface area contributed by atoms with Crippen LogP contribution in [0, 0.1) is 0 Å². The number of alkyl halides is 2. The number of halogens is 2. The molecule has 22 heavy (non-hydrogen) atoms. The van der Waals surface area contributed by atoms with Crippen LogP contribution < -0.4 is 4.74 Å². The zero-order chi connectivity index (χ0) is 16.9. The van der Waals surface area contributed by atoms with Gasteiger partial charge in [-0.15, -0.1) is 0 Å². The Bertz CT molecular complexity index is 520. The molecule has 0 unspecified atom stereocenters. The summed E-state index contributed by atoms with van der Waals surface area (Å²) in [6.45, 7) is 9.35. The molecule has 0 heterocycles. The van der Waals surface area contributed by atoms with E-state index in [1.54, 1.807) is 6.08 Å². The van der Waals surface area contributed by atoms with Gasteiger partial charge in [0.1, 0.15) is 12.4 Å². The third-order valence-corrected chi connectivity index (χ3v) is 3.60. The second-order valence-corrected chi connectivity index (χ2v) is 6.07. The van der Waals surface area contributed by atoms with E-state index in [1.807, 2.05) is 32.9 Å². The van der Waals surface area contributed by atoms with Gasteiger partial charge < -0.3 is 9.84 Å². The van der Waals surface area contributed by atoms with E-state index in [1.165, 1.54) is 0 Å². The van der Waals surface area contributed by atoms with Crippen LogP contribution in [-0.4, -0.2) is 24.7 Å². The molecule has 0 atom stereocenters. The van der Waals surface area contributed by atoms with Crippen molar-refractivity contribution in [1.29, 1.82) is 0 Å². The maximum Gasteiger partial charge on any atom is 0.272 e. The Kier molecular flexibility index (Phi) is 7.01. The van der Waals surface area contributed by atoms with Crippen LogP contribution in [0.3, 0.4) is 0 Å². The van der Waals surface area contributed by atoms with Gasteiger partial charge in [0.25, 0.3) is 6.43 Å². The molecule has 0 bridgehead atoms. The minimum atomic E-state index is -2.51. The highest BCUT2D eigenvalue weighted by molar-refractivity contribution is 5.72. The van der Waals surface area contributed by atoms with E-state index < -0.39 is 13.0 Å². The maximum absolute atomic E-state index is 12.6. The SMILES string of the molecule is C/C(=C/CO)c1cc(C(C)C)cc(C(C)C)c1OCC(F)F. The summed E-state index contributed by atoms with van der Waals surface area (Å²) in [5, 5.41) is 9.13. The Hall–Kier alpha value is -1.42. The fraction of sp³-hybridized carbons (Fsp3) is 0.556. The summed E-state index contributed by atoms with van der Waals surface area (Å²) < 4.78 is 30.5. The minimum absolute atomic E-state index is 0.0942. The lowest BCUT2D eigenvalue weighted by molar-refractivity contribution is 0.0811. The number of benzene rings is 1. The number of allylic oxidation sites excluding steroid dienone is 1. The van der Waals surface area contributed by atoms with Crippen molar-refractivity contribution >= 4 is 5.57 Å². The van der Waals surface area contributed by atoms with E-state index in [9.17, 15) is 8.78 Å². The van der Waals surface area contributed by atoms with Crippen molar-refractivity contribution in [2.75, 3.05) is 13.2 Å². The Morgan fingerprint density at radius 2 is 1.82 bits per heavy atom. The van der Waals surface area contributed by atoms with Gasteiger partial charge in [0.15, 0.2) is 0 Å². The second-order valence-electron chi connectivity index (χ2n) is 6.07. The number of aliphatic hydroxyl groups excluding tert-OH is 1. The molecule has 0 fully saturated rings. The van der Waals surface area contributed by atoms with Gasteiger partial charge >= 0.3 is 0 Å². The van der Waals surface area contributed by atoms with Gasteiger partial charge in [0, 0.05) is 5.56 Å². The number of aliphatic hydroxyl groups is 1. The van der Waals surface area contributed by atoms with Gasteiger partial charge in [0.05, 0.1) is 6.61 Å². The zero-order valence-corrected chi connectivity index (χ0v) is 14.0. The van der Waals surface area contributed by atoms with E-state index in [-0.39, 0.29) is 12.5 Å². The fourth-order valence-electron chi connectivity index (χ4n) is 2.28. The average Bonchev–Trinajstić information content (AvgIpc) is 2.43. The van der Waals surface area contributed by atoms with Crippen LogP contribution in [0.25, 0.3) is 5.57 Å². The highest BCUT2D eigenvalue weighted by Crippen LogP contribution is 2.37. The van der Waals surface area contributed by atoms with Crippen LogP contribution in [0.5, 0.6) is 5.75 Å². The first-order valence-corrected chi connectivity index (χ1v) is 7.64. The number of rotatable bonds is 7. The summed E-state index contributed by atoms with van der Waals surface area (Å²) >= 11 is 0. The molecule has 0 radical (unpaired) electrons. The molecule has 0 aliphatic heterocycles. The molecule has 0 saturated carbocycles. The number of ether oxygens (including phenoxy) is 1. The zero-order valence-electron chi connectivity index (χ0n) is 14.0. The minimum Gasteiger partial charge on any atom is -0.487 e. The molecule has 1 aromatic carbocycles. The van der Waals surface area contributed by atoms with Crippen LogP contribution in [0.4, 0.5) is 8.78 Å². The summed E-state index contributed by atoms with van der Waals surface area (Å²) in [5.41, 5.74) is 3.67.